The van der Waals surface area contributed by atoms with Gasteiger partial charge in [-0.05, 0) is 49.2 Å². The summed E-state index contributed by atoms with van der Waals surface area (Å²) in [5, 5.41) is 8.99. The second kappa shape index (κ2) is 10.0. The molecule has 2 fully saturated rings. The molecule has 4 N–H and O–H groups in total. The van der Waals surface area contributed by atoms with E-state index in [1.54, 1.807) is 24.3 Å². The van der Waals surface area contributed by atoms with Crippen LogP contribution < -0.4 is 20.7 Å². The number of hydrogen-bond donors (Lipinski definition) is 4. The summed E-state index contributed by atoms with van der Waals surface area (Å²) in [7, 11) is -3.94. The summed E-state index contributed by atoms with van der Waals surface area (Å²) >= 11 is 1.84. The summed E-state index contributed by atoms with van der Waals surface area (Å²) in [4.78, 5) is 23.8. The molecular weight excluding hydrogens is 467 g/mol. The van der Waals surface area contributed by atoms with Crippen LogP contribution in [0.5, 0.6) is 0 Å². The molecule has 8 nitrogen and oxygen atoms in total. The van der Waals surface area contributed by atoms with Gasteiger partial charge in [-0.2, -0.15) is 11.8 Å². The quantitative estimate of drug-likeness (QED) is 0.317. The number of unbranched alkanes of at least 4 members (excludes halogenated alkanes) is 1. The Bertz CT molecular complexity index is 1130. The first-order chi connectivity index (χ1) is 15.8. The molecule has 11 heteroatoms. The molecule has 0 aromatic heterocycles. The number of sulfonamides is 1. The number of fused-ring (bicyclic) bond motifs is 1. The first-order valence-corrected chi connectivity index (χ1v) is 13.2. The summed E-state index contributed by atoms with van der Waals surface area (Å²) in [6, 6.07) is 11.2. The lowest BCUT2D eigenvalue weighted by molar-refractivity contribution is -0.116. The Morgan fingerprint density at radius 2 is 1.79 bits per heavy atom. The van der Waals surface area contributed by atoms with E-state index in [-0.39, 0.29) is 34.6 Å². The molecule has 0 spiro atoms. The monoisotopic (exact) mass is 492 g/mol. The second-order valence-electron chi connectivity index (χ2n) is 8.02. The van der Waals surface area contributed by atoms with Gasteiger partial charge in [0.05, 0.1) is 28.4 Å². The number of nitrogens with one attached hydrogen (secondary N) is 4. The van der Waals surface area contributed by atoms with Crippen LogP contribution >= 0.6 is 11.8 Å². The van der Waals surface area contributed by atoms with Gasteiger partial charge >= 0.3 is 6.03 Å². The van der Waals surface area contributed by atoms with Crippen LogP contribution in [-0.2, 0) is 14.8 Å². The number of urea groups is 1. The van der Waals surface area contributed by atoms with Crippen LogP contribution in [0.2, 0.25) is 0 Å². The van der Waals surface area contributed by atoms with E-state index in [2.05, 4.69) is 20.7 Å². The Hall–Kier alpha value is -2.79. The molecule has 3 atom stereocenters. The number of halogens is 1. The van der Waals surface area contributed by atoms with Crippen molar-refractivity contribution in [2.24, 2.45) is 0 Å². The molecule has 2 aliphatic heterocycles. The number of hydrogen-bond acceptors (Lipinski definition) is 5. The maximum absolute atomic E-state index is 13.1. The molecule has 2 aromatic rings. The average molecular weight is 493 g/mol. The van der Waals surface area contributed by atoms with Gasteiger partial charge in [0.25, 0.3) is 10.0 Å². The molecule has 0 aliphatic carbocycles. The highest BCUT2D eigenvalue weighted by atomic mass is 32.2. The summed E-state index contributed by atoms with van der Waals surface area (Å²) < 4.78 is 40.8. The van der Waals surface area contributed by atoms with Gasteiger partial charge in [0.1, 0.15) is 5.82 Å². The minimum Gasteiger partial charge on any atom is -0.332 e. The number of carbonyl (C=O) groups excluding carboxylic acids is 2. The topological polar surface area (TPSA) is 116 Å². The second-order valence-corrected chi connectivity index (χ2v) is 11.0. The van der Waals surface area contributed by atoms with E-state index in [1.807, 2.05) is 11.8 Å². The predicted molar refractivity (Wildman–Crippen MR) is 126 cm³/mol. The first kappa shape index (κ1) is 23.4. The summed E-state index contributed by atoms with van der Waals surface area (Å²) in [6.07, 6.45) is 2.75. The average Bonchev–Trinajstić information content (AvgIpc) is 3.32. The lowest BCUT2D eigenvalue weighted by Gasteiger charge is -2.16. The summed E-state index contributed by atoms with van der Waals surface area (Å²) in [6.45, 7) is 0. The Morgan fingerprint density at radius 3 is 2.55 bits per heavy atom. The third-order valence-electron chi connectivity index (χ3n) is 5.65. The molecule has 0 unspecified atom stereocenters. The van der Waals surface area contributed by atoms with Crippen LogP contribution in [0.15, 0.2) is 53.4 Å². The van der Waals surface area contributed by atoms with Gasteiger partial charge in [-0.25, -0.2) is 17.6 Å². The van der Waals surface area contributed by atoms with Crippen LogP contribution in [0.4, 0.5) is 20.6 Å². The summed E-state index contributed by atoms with van der Waals surface area (Å²) in [5.74, 6) is 0.160. The first-order valence-electron chi connectivity index (χ1n) is 10.7. The standard InChI is InChI=1S/C22H25FN4O4S2/c23-14-9-11-15(12-10-14)33(30,31)27-17-6-2-1-5-16(17)24-20(28)8-4-3-7-19-21-18(13-32-19)25-22(29)26-21/h1-2,5-6,9-12,18-19,21,27H,3-4,7-8,13H2,(H,24,28)(H2,25,26,29)/t18-,19-,21-/m0/s1. The number of thioether (sulfide) groups is 1. The van der Waals surface area contributed by atoms with Crippen molar-refractivity contribution in [3.05, 3.63) is 54.3 Å². The van der Waals surface area contributed by atoms with Crippen molar-refractivity contribution < 1.29 is 22.4 Å². The number of rotatable bonds is 9. The van der Waals surface area contributed by atoms with Crippen molar-refractivity contribution in [3.63, 3.8) is 0 Å². The highest BCUT2D eigenvalue weighted by Gasteiger charge is 2.42. The number of amides is 3. The van der Waals surface area contributed by atoms with E-state index >= 15 is 0 Å². The van der Waals surface area contributed by atoms with E-state index < -0.39 is 15.8 Å². The van der Waals surface area contributed by atoms with E-state index in [0.29, 0.717) is 23.8 Å². The number of anilines is 2. The minimum atomic E-state index is -3.94. The fourth-order valence-electron chi connectivity index (χ4n) is 3.99. The maximum Gasteiger partial charge on any atom is 0.315 e. The molecule has 176 valence electrons. The smallest absolute Gasteiger partial charge is 0.315 e. The van der Waals surface area contributed by atoms with Crippen molar-refractivity contribution in [1.82, 2.24) is 10.6 Å². The highest BCUT2D eigenvalue weighted by molar-refractivity contribution is 8.00. The number of benzene rings is 2. The third kappa shape index (κ3) is 5.77. The Kier molecular flexibility index (Phi) is 7.08. The normalized spacial score (nSPS) is 21.7. The molecule has 2 heterocycles. The van der Waals surface area contributed by atoms with Crippen molar-refractivity contribution in [3.8, 4) is 0 Å². The van der Waals surface area contributed by atoms with Crippen LogP contribution in [0.25, 0.3) is 0 Å². The zero-order chi connectivity index (χ0) is 23.4. The van der Waals surface area contributed by atoms with E-state index in [9.17, 15) is 22.4 Å². The van der Waals surface area contributed by atoms with Crippen LogP contribution in [-0.4, -0.2) is 43.4 Å². The van der Waals surface area contributed by atoms with Crippen molar-refractivity contribution in [2.75, 3.05) is 15.8 Å². The Morgan fingerprint density at radius 1 is 1.06 bits per heavy atom. The van der Waals surface area contributed by atoms with E-state index in [0.717, 1.165) is 30.7 Å². The molecule has 2 aromatic carbocycles. The van der Waals surface area contributed by atoms with Crippen LogP contribution in [0.1, 0.15) is 25.7 Å². The van der Waals surface area contributed by atoms with Gasteiger partial charge in [-0.15, -0.1) is 0 Å². The molecule has 0 radical (unpaired) electrons. The Labute approximate surface area is 196 Å². The van der Waals surface area contributed by atoms with Crippen molar-refractivity contribution >= 4 is 45.1 Å². The fraction of sp³-hybridized carbons (Fsp3) is 0.364. The van der Waals surface area contributed by atoms with E-state index in [4.69, 9.17) is 0 Å². The maximum atomic E-state index is 13.1. The van der Waals surface area contributed by atoms with Gasteiger partial charge in [0.15, 0.2) is 0 Å². The largest absolute Gasteiger partial charge is 0.332 e. The van der Waals surface area contributed by atoms with Crippen molar-refractivity contribution in [1.29, 1.82) is 0 Å². The van der Waals surface area contributed by atoms with Gasteiger partial charge in [0, 0.05) is 17.4 Å². The molecular formula is C22H25FN4O4S2. The van der Waals surface area contributed by atoms with Gasteiger partial charge in [-0.3, -0.25) is 9.52 Å². The van der Waals surface area contributed by atoms with Gasteiger partial charge in [0.2, 0.25) is 5.91 Å². The van der Waals surface area contributed by atoms with E-state index in [1.165, 1.54) is 12.1 Å². The molecule has 0 bridgehead atoms. The molecule has 4 rings (SSSR count). The number of para-hydroxylation sites is 2. The molecule has 0 saturated carbocycles. The lowest BCUT2D eigenvalue weighted by Crippen LogP contribution is -2.36. The van der Waals surface area contributed by atoms with Crippen molar-refractivity contribution in [2.45, 2.75) is 47.9 Å². The fourth-order valence-corrected chi connectivity index (χ4v) is 6.61. The zero-order valence-electron chi connectivity index (χ0n) is 17.7. The number of carbonyl (C=O) groups is 2. The minimum absolute atomic E-state index is 0.0781. The molecule has 2 saturated heterocycles. The highest BCUT2D eigenvalue weighted by Crippen LogP contribution is 2.33. The lowest BCUT2D eigenvalue weighted by atomic mass is 10.0. The van der Waals surface area contributed by atoms with Crippen LogP contribution in [0, 0.1) is 5.82 Å². The summed E-state index contributed by atoms with van der Waals surface area (Å²) in [5.41, 5.74) is 0.579. The SMILES string of the molecule is O=C(CCCC[C@@H]1SC[C@@H]2NC(=O)N[C@@H]21)Nc1ccccc1NS(=O)(=O)c1ccc(F)cc1. The van der Waals surface area contributed by atoms with Gasteiger partial charge < -0.3 is 16.0 Å². The third-order valence-corrected chi connectivity index (χ3v) is 8.54. The van der Waals surface area contributed by atoms with Gasteiger partial charge in [-0.1, -0.05) is 18.6 Å². The molecule has 33 heavy (non-hydrogen) atoms. The zero-order valence-corrected chi connectivity index (χ0v) is 19.3. The molecule has 2 aliphatic rings. The Balaban J connectivity index is 1.28. The predicted octanol–water partition coefficient (Wildman–Crippen LogP) is 3.29. The van der Waals surface area contributed by atoms with Crippen LogP contribution in [0.3, 0.4) is 0 Å². The molecule has 3 amide bonds.